The number of guanidine groups is 1. The van der Waals surface area contributed by atoms with Gasteiger partial charge in [0, 0.05) is 59.3 Å². The van der Waals surface area contributed by atoms with Crippen LogP contribution in [-0.2, 0) is 20.9 Å². The second kappa shape index (κ2) is 12.7. The van der Waals surface area contributed by atoms with Crippen LogP contribution in [0.4, 0.5) is 0 Å². The monoisotopic (exact) mass is 529 g/mol. The summed E-state index contributed by atoms with van der Waals surface area (Å²) in [6.07, 6.45) is 1.91. The second-order valence-corrected chi connectivity index (χ2v) is 7.30. The third-order valence-electron chi connectivity index (χ3n) is 5.28. The van der Waals surface area contributed by atoms with E-state index in [0.717, 1.165) is 37.5 Å². The summed E-state index contributed by atoms with van der Waals surface area (Å²) in [5.74, 6) is 0.883. The lowest BCUT2D eigenvalue weighted by atomic mass is 10.2. The van der Waals surface area contributed by atoms with Crippen molar-refractivity contribution in [2.24, 2.45) is 4.99 Å². The first-order valence-corrected chi connectivity index (χ1v) is 10.3. The number of carbonyl (C=O) groups is 2. The van der Waals surface area contributed by atoms with E-state index in [2.05, 4.69) is 20.5 Å². The van der Waals surface area contributed by atoms with Crippen LogP contribution in [0.15, 0.2) is 35.3 Å². The molecule has 0 aliphatic carbocycles. The van der Waals surface area contributed by atoms with Gasteiger partial charge < -0.3 is 25.2 Å². The Labute approximate surface area is 195 Å². The molecule has 0 bridgehead atoms. The van der Waals surface area contributed by atoms with Crippen LogP contribution in [0.5, 0.6) is 0 Å². The smallest absolute Gasteiger partial charge is 0.251 e. The zero-order chi connectivity index (χ0) is 20.5. The van der Waals surface area contributed by atoms with Crippen molar-refractivity contribution in [3.8, 4) is 0 Å². The number of halogens is 1. The molecule has 2 aliphatic rings. The molecule has 1 unspecified atom stereocenters. The molecule has 9 heteroatoms. The van der Waals surface area contributed by atoms with Gasteiger partial charge in [-0.3, -0.25) is 14.6 Å². The molecular formula is C21H32IN5O3. The topological polar surface area (TPSA) is 86.3 Å². The van der Waals surface area contributed by atoms with Gasteiger partial charge in [0.15, 0.2) is 5.96 Å². The third kappa shape index (κ3) is 7.12. The lowest BCUT2D eigenvalue weighted by Gasteiger charge is -2.37. The van der Waals surface area contributed by atoms with Crippen LogP contribution in [0.3, 0.4) is 0 Å². The van der Waals surface area contributed by atoms with E-state index in [0.29, 0.717) is 39.2 Å². The lowest BCUT2D eigenvalue weighted by molar-refractivity contribution is -0.142. The summed E-state index contributed by atoms with van der Waals surface area (Å²) in [4.78, 5) is 32.8. The van der Waals surface area contributed by atoms with Crippen molar-refractivity contribution in [1.82, 2.24) is 20.4 Å². The Balaban J connectivity index is 0.00000320. The molecule has 30 heavy (non-hydrogen) atoms. The Morgan fingerprint density at radius 2 is 1.80 bits per heavy atom. The molecule has 0 spiro atoms. The zero-order valence-corrected chi connectivity index (χ0v) is 19.8. The quantitative estimate of drug-likeness (QED) is 0.329. The van der Waals surface area contributed by atoms with E-state index in [9.17, 15) is 9.59 Å². The SMILES string of the molecule is CN=C(NCCC(=O)NCc1ccccc1)N1CCN(C(=O)C2CCCO2)CC1.I. The average molecular weight is 529 g/mol. The number of hydrogen-bond donors (Lipinski definition) is 2. The van der Waals surface area contributed by atoms with Gasteiger partial charge in [-0.2, -0.15) is 0 Å². The van der Waals surface area contributed by atoms with E-state index in [4.69, 9.17) is 4.74 Å². The molecule has 2 saturated heterocycles. The minimum atomic E-state index is -0.256. The molecule has 166 valence electrons. The van der Waals surface area contributed by atoms with E-state index in [1.54, 1.807) is 7.05 Å². The first-order chi connectivity index (χ1) is 14.2. The van der Waals surface area contributed by atoms with Gasteiger partial charge in [-0.1, -0.05) is 30.3 Å². The predicted molar refractivity (Wildman–Crippen MR) is 127 cm³/mol. The van der Waals surface area contributed by atoms with Gasteiger partial charge in [0.2, 0.25) is 5.91 Å². The third-order valence-corrected chi connectivity index (χ3v) is 5.28. The molecule has 2 N–H and O–H groups in total. The molecule has 2 amide bonds. The van der Waals surface area contributed by atoms with Gasteiger partial charge >= 0.3 is 0 Å². The Morgan fingerprint density at radius 3 is 2.43 bits per heavy atom. The molecule has 1 aromatic rings. The predicted octanol–water partition coefficient (Wildman–Crippen LogP) is 1.21. The number of carbonyl (C=O) groups excluding carboxylic acids is 2. The zero-order valence-electron chi connectivity index (χ0n) is 17.5. The van der Waals surface area contributed by atoms with Gasteiger partial charge in [-0.25, -0.2) is 0 Å². The van der Waals surface area contributed by atoms with Crippen molar-refractivity contribution in [2.75, 3.05) is 46.4 Å². The highest BCUT2D eigenvalue weighted by molar-refractivity contribution is 14.0. The number of nitrogens with zero attached hydrogens (tertiary/aromatic N) is 3. The summed E-state index contributed by atoms with van der Waals surface area (Å²) in [5, 5.41) is 6.18. The number of aliphatic imine (C=N–C) groups is 1. The van der Waals surface area contributed by atoms with E-state index >= 15 is 0 Å². The van der Waals surface area contributed by atoms with E-state index in [-0.39, 0.29) is 41.9 Å². The fourth-order valence-corrected chi connectivity index (χ4v) is 3.62. The number of piperazine rings is 1. The number of amides is 2. The molecule has 0 radical (unpaired) electrons. The van der Waals surface area contributed by atoms with Gasteiger partial charge in [0.25, 0.3) is 5.91 Å². The minimum Gasteiger partial charge on any atom is -0.368 e. The van der Waals surface area contributed by atoms with Crippen molar-refractivity contribution in [3.05, 3.63) is 35.9 Å². The Hall–Kier alpha value is -1.88. The van der Waals surface area contributed by atoms with Crippen LogP contribution in [0.2, 0.25) is 0 Å². The highest BCUT2D eigenvalue weighted by Gasteiger charge is 2.30. The standard InChI is InChI=1S/C21H31N5O3.HI/c1-22-21(23-10-9-19(27)24-16-17-6-3-2-4-7-17)26-13-11-25(12-14-26)20(28)18-8-5-15-29-18;/h2-4,6-7,18H,5,8-16H2,1H3,(H,22,23)(H,24,27);1H. The van der Waals surface area contributed by atoms with Crippen LogP contribution < -0.4 is 10.6 Å². The molecule has 2 heterocycles. The Kier molecular flexibility index (Phi) is 10.4. The molecule has 1 atom stereocenters. The van der Waals surface area contributed by atoms with Gasteiger partial charge in [0.1, 0.15) is 6.10 Å². The maximum Gasteiger partial charge on any atom is 0.251 e. The van der Waals surface area contributed by atoms with E-state index < -0.39 is 0 Å². The normalized spacial score (nSPS) is 19.2. The van der Waals surface area contributed by atoms with E-state index in [1.165, 1.54) is 0 Å². The van der Waals surface area contributed by atoms with Crippen molar-refractivity contribution >= 4 is 41.8 Å². The fourth-order valence-electron chi connectivity index (χ4n) is 3.62. The summed E-state index contributed by atoms with van der Waals surface area (Å²) in [7, 11) is 1.74. The number of ether oxygens (including phenoxy) is 1. The molecule has 0 aromatic heterocycles. The van der Waals surface area contributed by atoms with Gasteiger partial charge in [-0.05, 0) is 18.4 Å². The maximum atomic E-state index is 12.4. The van der Waals surface area contributed by atoms with Crippen LogP contribution in [-0.4, -0.2) is 80.1 Å². The van der Waals surface area contributed by atoms with Crippen molar-refractivity contribution in [3.63, 3.8) is 0 Å². The highest BCUT2D eigenvalue weighted by Crippen LogP contribution is 2.16. The Morgan fingerprint density at radius 1 is 1.10 bits per heavy atom. The summed E-state index contributed by atoms with van der Waals surface area (Å²) < 4.78 is 5.51. The molecule has 2 aliphatic heterocycles. The number of benzene rings is 1. The highest BCUT2D eigenvalue weighted by atomic mass is 127. The van der Waals surface area contributed by atoms with Crippen LogP contribution >= 0.6 is 24.0 Å². The molecule has 0 saturated carbocycles. The first-order valence-electron chi connectivity index (χ1n) is 10.3. The van der Waals surface area contributed by atoms with Crippen LogP contribution in [0.25, 0.3) is 0 Å². The maximum absolute atomic E-state index is 12.4. The number of hydrogen-bond acceptors (Lipinski definition) is 4. The lowest BCUT2D eigenvalue weighted by Crippen LogP contribution is -2.55. The summed E-state index contributed by atoms with van der Waals surface area (Å²) in [6, 6.07) is 9.86. The number of nitrogens with one attached hydrogen (secondary N) is 2. The Bertz CT molecular complexity index is 702. The van der Waals surface area contributed by atoms with Crippen molar-refractivity contribution in [2.45, 2.75) is 31.9 Å². The van der Waals surface area contributed by atoms with Crippen molar-refractivity contribution in [1.29, 1.82) is 0 Å². The van der Waals surface area contributed by atoms with Gasteiger partial charge in [0.05, 0.1) is 0 Å². The molecule has 8 nitrogen and oxygen atoms in total. The minimum absolute atomic E-state index is 0. The van der Waals surface area contributed by atoms with Crippen molar-refractivity contribution < 1.29 is 14.3 Å². The largest absolute Gasteiger partial charge is 0.368 e. The summed E-state index contributed by atoms with van der Waals surface area (Å²) >= 11 is 0. The molecular weight excluding hydrogens is 497 g/mol. The fraction of sp³-hybridized carbons (Fsp3) is 0.571. The summed E-state index contributed by atoms with van der Waals surface area (Å²) in [6.45, 7) is 4.51. The van der Waals surface area contributed by atoms with Crippen LogP contribution in [0, 0.1) is 0 Å². The van der Waals surface area contributed by atoms with Crippen LogP contribution in [0.1, 0.15) is 24.8 Å². The number of rotatable bonds is 6. The molecule has 2 fully saturated rings. The van der Waals surface area contributed by atoms with E-state index in [1.807, 2.05) is 35.2 Å². The van der Waals surface area contributed by atoms with Gasteiger partial charge in [-0.15, -0.1) is 24.0 Å². The molecule has 1 aromatic carbocycles. The summed E-state index contributed by atoms with van der Waals surface area (Å²) in [5.41, 5.74) is 1.08. The molecule has 3 rings (SSSR count). The first kappa shape index (κ1) is 24.4. The second-order valence-electron chi connectivity index (χ2n) is 7.30. The average Bonchev–Trinajstić information content (AvgIpc) is 3.31.